The first kappa shape index (κ1) is 13.7. The highest BCUT2D eigenvalue weighted by Gasteiger charge is 2.15. The van der Waals surface area contributed by atoms with Gasteiger partial charge in [0.1, 0.15) is 0 Å². The Hall–Kier alpha value is -1.68. The van der Waals surface area contributed by atoms with Gasteiger partial charge in [-0.15, -0.1) is 0 Å². The van der Waals surface area contributed by atoms with Gasteiger partial charge in [-0.05, 0) is 29.7 Å². The highest BCUT2D eigenvalue weighted by atomic mass is 32.2. The molecule has 0 aliphatic rings. The van der Waals surface area contributed by atoms with Crippen LogP contribution in [0.4, 0.5) is 0 Å². The van der Waals surface area contributed by atoms with Gasteiger partial charge in [-0.3, -0.25) is 5.11 Å². The van der Waals surface area contributed by atoms with Crippen molar-refractivity contribution in [2.24, 2.45) is 10.3 Å². The predicted molar refractivity (Wildman–Crippen MR) is 66.8 cm³/mol. The molecule has 19 heavy (non-hydrogen) atoms. The van der Waals surface area contributed by atoms with Crippen LogP contribution in [0.5, 0.6) is 5.75 Å². The van der Waals surface area contributed by atoms with E-state index in [1.54, 1.807) is 0 Å². The summed E-state index contributed by atoms with van der Waals surface area (Å²) in [5.41, 5.74) is 0. The molecule has 0 heterocycles. The van der Waals surface area contributed by atoms with Crippen molar-refractivity contribution in [2.45, 2.75) is 9.79 Å². The molecule has 9 heteroatoms. The van der Waals surface area contributed by atoms with Crippen LogP contribution in [0.25, 0.3) is 10.8 Å². The third kappa shape index (κ3) is 2.68. The van der Waals surface area contributed by atoms with E-state index in [-0.39, 0.29) is 20.6 Å². The molecule has 0 bridgehead atoms. The summed E-state index contributed by atoms with van der Waals surface area (Å²) >= 11 is 0. The van der Waals surface area contributed by atoms with Crippen LogP contribution in [-0.2, 0) is 25.2 Å². The minimum absolute atomic E-state index is 0.142. The second-order valence-electron chi connectivity index (χ2n) is 3.89. The average molecular weight is 301 g/mol. The molecule has 0 atom stereocenters. The standard InChI is InChI=1S/C10H9N2O5S2/c11-18(14,15)7-1-2-9-6(3-7)4-8(5-10(9)13)19(12,16)17/h1-5H,(H2,11,14,15)(H2,12,16,17). The van der Waals surface area contributed by atoms with Crippen LogP contribution in [-0.4, -0.2) is 16.8 Å². The first-order valence-corrected chi connectivity index (χ1v) is 7.99. The van der Waals surface area contributed by atoms with Gasteiger partial charge in [-0.2, -0.15) is 0 Å². The molecule has 1 radical (unpaired) electrons. The smallest absolute Gasteiger partial charge is 0.238 e. The first-order chi connectivity index (χ1) is 8.59. The van der Waals surface area contributed by atoms with Crippen molar-refractivity contribution in [1.82, 2.24) is 0 Å². The maximum atomic E-state index is 11.7. The number of rotatable bonds is 2. The van der Waals surface area contributed by atoms with E-state index >= 15 is 0 Å². The molecule has 0 spiro atoms. The van der Waals surface area contributed by atoms with Crippen molar-refractivity contribution in [3.63, 3.8) is 0 Å². The van der Waals surface area contributed by atoms with Crippen molar-refractivity contribution in [2.75, 3.05) is 0 Å². The Morgan fingerprint density at radius 1 is 0.789 bits per heavy atom. The molecule has 101 valence electrons. The molecular weight excluding hydrogens is 292 g/mol. The van der Waals surface area contributed by atoms with Gasteiger partial charge in [0, 0.05) is 11.5 Å². The van der Waals surface area contributed by atoms with E-state index < -0.39 is 25.8 Å². The topological polar surface area (TPSA) is 140 Å². The van der Waals surface area contributed by atoms with Crippen molar-refractivity contribution in [3.05, 3.63) is 30.3 Å². The Labute approximate surface area is 109 Å². The third-order valence-corrected chi connectivity index (χ3v) is 4.32. The molecule has 0 saturated carbocycles. The summed E-state index contributed by atoms with van der Waals surface area (Å²) < 4.78 is 44.8. The van der Waals surface area contributed by atoms with Gasteiger partial charge < -0.3 is 0 Å². The van der Waals surface area contributed by atoms with Crippen LogP contribution in [0.15, 0.2) is 40.1 Å². The molecule has 0 aliphatic heterocycles. The molecule has 0 amide bonds. The summed E-state index contributed by atoms with van der Waals surface area (Å²) in [7, 11) is -7.98. The number of benzene rings is 2. The minimum atomic E-state index is -4.05. The van der Waals surface area contributed by atoms with Gasteiger partial charge in [-0.1, -0.05) is 0 Å². The number of hydrogen-bond donors (Lipinski definition) is 2. The second-order valence-corrected chi connectivity index (χ2v) is 7.02. The van der Waals surface area contributed by atoms with E-state index in [4.69, 9.17) is 10.3 Å². The molecule has 2 aromatic rings. The number of primary sulfonamides is 2. The number of fused-ring (bicyclic) bond motifs is 1. The Balaban J connectivity index is 2.85. The van der Waals surface area contributed by atoms with E-state index in [1.165, 1.54) is 12.1 Å². The minimum Gasteiger partial charge on any atom is -0.289 e. The highest BCUT2D eigenvalue weighted by Crippen LogP contribution is 2.30. The zero-order valence-electron chi connectivity index (χ0n) is 9.40. The molecule has 0 fully saturated rings. The van der Waals surface area contributed by atoms with Gasteiger partial charge in [0.2, 0.25) is 20.0 Å². The van der Waals surface area contributed by atoms with Crippen LogP contribution < -0.4 is 10.3 Å². The summed E-state index contributed by atoms with van der Waals surface area (Å²) in [6.45, 7) is 0. The van der Waals surface area contributed by atoms with Gasteiger partial charge in [0.15, 0.2) is 5.75 Å². The van der Waals surface area contributed by atoms with Crippen LogP contribution in [0.1, 0.15) is 0 Å². The lowest BCUT2D eigenvalue weighted by molar-refractivity contribution is 0.359. The van der Waals surface area contributed by atoms with Crippen LogP contribution in [0.2, 0.25) is 0 Å². The van der Waals surface area contributed by atoms with Crippen molar-refractivity contribution in [3.8, 4) is 5.75 Å². The Kier molecular flexibility index (Phi) is 3.01. The zero-order valence-corrected chi connectivity index (χ0v) is 11.0. The third-order valence-electron chi connectivity index (χ3n) is 2.52. The summed E-state index contributed by atoms with van der Waals surface area (Å²) in [6.07, 6.45) is 0. The molecule has 0 aliphatic carbocycles. The van der Waals surface area contributed by atoms with E-state index in [0.717, 1.165) is 18.2 Å². The largest absolute Gasteiger partial charge is 0.289 e. The zero-order chi connectivity index (χ0) is 14.4. The first-order valence-electron chi connectivity index (χ1n) is 4.89. The van der Waals surface area contributed by atoms with E-state index in [1.807, 2.05) is 0 Å². The van der Waals surface area contributed by atoms with Gasteiger partial charge in [-0.25, -0.2) is 27.1 Å². The summed E-state index contributed by atoms with van der Waals surface area (Å²) in [5, 5.41) is 21.9. The predicted octanol–water partition coefficient (Wildman–Crippen LogP) is 0.278. The van der Waals surface area contributed by atoms with Crippen molar-refractivity contribution >= 4 is 30.8 Å². The SMILES string of the molecule is NS(=O)(=O)c1ccc2c([O])cc(S(N)(=O)=O)cc2c1. The molecule has 0 unspecified atom stereocenters. The van der Waals surface area contributed by atoms with Crippen molar-refractivity contribution in [1.29, 1.82) is 0 Å². The summed E-state index contributed by atoms with van der Waals surface area (Å²) in [5.74, 6) is -0.567. The molecule has 0 aromatic heterocycles. The van der Waals surface area contributed by atoms with Crippen LogP contribution in [0, 0.1) is 0 Å². The Morgan fingerprint density at radius 2 is 1.32 bits per heavy atom. The average Bonchev–Trinajstić information content (AvgIpc) is 2.25. The van der Waals surface area contributed by atoms with Gasteiger partial charge in [0.05, 0.1) is 9.79 Å². The number of sulfonamides is 2. The summed E-state index contributed by atoms with van der Waals surface area (Å²) in [6, 6.07) is 5.58. The number of nitrogens with two attached hydrogens (primary N) is 2. The summed E-state index contributed by atoms with van der Waals surface area (Å²) in [4.78, 5) is -0.595. The van der Waals surface area contributed by atoms with Crippen molar-refractivity contribution < 1.29 is 21.9 Å². The maximum Gasteiger partial charge on any atom is 0.238 e. The Bertz CT molecular complexity index is 867. The fraction of sp³-hybridized carbons (Fsp3) is 0. The Morgan fingerprint density at radius 3 is 1.84 bits per heavy atom. The lowest BCUT2D eigenvalue weighted by Crippen LogP contribution is -2.13. The lowest BCUT2D eigenvalue weighted by Gasteiger charge is -2.05. The molecule has 7 nitrogen and oxygen atoms in total. The van der Waals surface area contributed by atoms with Gasteiger partial charge in [0.25, 0.3) is 0 Å². The molecule has 4 N–H and O–H groups in total. The molecule has 0 saturated heterocycles. The quantitative estimate of drug-likeness (QED) is 0.821. The van der Waals surface area contributed by atoms with Gasteiger partial charge >= 0.3 is 0 Å². The second kappa shape index (κ2) is 4.17. The molecule has 2 rings (SSSR count). The molecular formula is C10H9N2O5S2. The van der Waals surface area contributed by atoms with E-state index in [2.05, 4.69) is 0 Å². The van der Waals surface area contributed by atoms with E-state index in [0.29, 0.717) is 0 Å². The lowest BCUT2D eigenvalue weighted by atomic mass is 10.1. The highest BCUT2D eigenvalue weighted by molar-refractivity contribution is 7.89. The molecule has 2 aromatic carbocycles. The van der Waals surface area contributed by atoms with Crippen LogP contribution in [0.3, 0.4) is 0 Å². The number of hydrogen-bond acceptors (Lipinski definition) is 4. The fourth-order valence-corrected chi connectivity index (χ4v) is 2.74. The van der Waals surface area contributed by atoms with E-state index in [9.17, 15) is 21.9 Å². The monoisotopic (exact) mass is 301 g/mol. The maximum absolute atomic E-state index is 11.7. The normalized spacial score (nSPS) is 12.7. The van der Waals surface area contributed by atoms with Crippen LogP contribution >= 0.6 is 0 Å². The fourth-order valence-electron chi connectivity index (χ4n) is 1.63.